The van der Waals surface area contributed by atoms with E-state index in [9.17, 15) is 0 Å². The summed E-state index contributed by atoms with van der Waals surface area (Å²) in [4.78, 5) is 28.1. The fraction of sp³-hybridized carbons (Fsp3) is 0.0169. The minimum Gasteiger partial charge on any atom is -0.238 e. The Balaban J connectivity index is 0.000000147. The van der Waals surface area contributed by atoms with Crippen LogP contribution in [0.1, 0.15) is 44.5 Å². The van der Waals surface area contributed by atoms with Gasteiger partial charge in [0.15, 0.2) is 23.0 Å². The zero-order valence-electron chi connectivity index (χ0n) is 67.4. The summed E-state index contributed by atoms with van der Waals surface area (Å²) in [5, 5.41) is 2.30. The predicted molar refractivity (Wildman–Crippen MR) is 507 cm³/mol. The van der Waals surface area contributed by atoms with Crippen LogP contribution in [-0.2, 0) is 10.8 Å². The summed E-state index contributed by atoms with van der Waals surface area (Å²) >= 11 is 0. The highest BCUT2D eigenvalue weighted by Crippen LogP contribution is 2.64. The maximum Gasteiger partial charge on any atom is 0.187 e. The Morgan fingerprint density at radius 1 is 0.177 bits per heavy atom. The second-order valence-corrected chi connectivity index (χ2v) is 32.0. The van der Waals surface area contributed by atoms with E-state index in [0.29, 0.717) is 23.0 Å². The molecule has 18 aromatic carbocycles. The summed E-state index contributed by atoms with van der Waals surface area (Å²) in [5.41, 5.74) is 38.6. The van der Waals surface area contributed by atoms with E-state index in [2.05, 4.69) is 416 Å². The van der Waals surface area contributed by atoms with Gasteiger partial charge in [-0.05, 0) is 181 Å². The lowest BCUT2D eigenvalue weighted by Gasteiger charge is -2.34. The highest BCUT2D eigenvalue weighted by molar-refractivity contribution is 5.99. The van der Waals surface area contributed by atoms with E-state index in [1.165, 1.54) is 77.9 Å². The lowest BCUT2D eigenvalue weighted by molar-refractivity contribution is 0.768. The van der Waals surface area contributed by atoms with E-state index >= 15 is 0 Å². The van der Waals surface area contributed by atoms with Gasteiger partial charge in [-0.15, -0.1) is 0 Å². The van der Waals surface area contributed by atoms with Crippen LogP contribution in [0.4, 0.5) is 11.4 Å². The van der Waals surface area contributed by atoms with Gasteiger partial charge in [-0.1, -0.05) is 413 Å². The first-order chi connectivity index (χ1) is 61.3. The summed E-state index contributed by atoms with van der Waals surface area (Å²) in [6.45, 7) is 15.7. The van der Waals surface area contributed by atoms with Crippen molar-refractivity contribution in [1.82, 2.24) is 19.9 Å². The van der Waals surface area contributed by atoms with E-state index in [4.69, 9.17) is 33.1 Å². The first-order valence-electron chi connectivity index (χ1n) is 41.9. The van der Waals surface area contributed by atoms with Crippen LogP contribution in [0.3, 0.4) is 0 Å². The molecule has 0 radical (unpaired) electrons. The maximum atomic E-state index is 7.87. The molecule has 2 aromatic heterocycles. The van der Waals surface area contributed by atoms with Crippen molar-refractivity contribution >= 4 is 22.1 Å². The number of aromatic nitrogens is 4. The summed E-state index contributed by atoms with van der Waals surface area (Å²) < 4.78 is 0. The zero-order chi connectivity index (χ0) is 82.7. The van der Waals surface area contributed by atoms with Crippen molar-refractivity contribution in [2.45, 2.75) is 10.8 Å². The minimum atomic E-state index is -0.507. The molecule has 0 saturated heterocycles. The molecule has 576 valence electrons. The third-order valence-corrected chi connectivity index (χ3v) is 25.2. The zero-order valence-corrected chi connectivity index (χ0v) is 67.4. The van der Waals surface area contributed by atoms with Crippen molar-refractivity contribution in [3.8, 4) is 157 Å². The van der Waals surface area contributed by atoms with Crippen LogP contribution < -0.4 is 0 Å². The van der Waals surface area contributed by atoms with Crippen LogP contribution in [0.15, 0.2) is 449 Å². The van der Waals surface area contributed by atoms with Gasteiger partial charge < -0.3 is 0 Å². The molecule has 3 aliphatic carbocycles. The van der Waals surface area contributed by atoms with Gasteiger partial charge in [0, 0.05) is 33.4 Å². The molecule has 6 nitrogen and oxygen atoms in total. The molecule has 124 heavy (non-hydrogen) atoms. The predicted octanol–water partition coefficient (Wildman–Crippen LogP) is 30.3. The van der Waals surface area contributed by atoms with Crippen LogP contribution in [0.5, 0.6) is 0 Å². The van der Waals surface area contributed by atoms with Crippen molar-refractivity contribution < 1.29 is 0 Å². The lowest BCUT2D eigenvalue weighted by atomic mass is 9.67. The second kappa shape index (κ2) is 30.9. The number of hydrogen-bond acceptors (Lipinski definition) is 4. The average Bonchev–Trinajstić information content (AvgIpc) is 1.50. The average molecular weight is 1580 g/mol. The van der Waals surface area contributed by atoms with Crippen LogP contribution in [0, 0.1) is 13.1 Å². The molecule has 23 rings (SSSR count). The Bertz CT molecular complexity index is 7520. The number of nitrogens with zero attached hydrogens (tertiary/aromatic N) is 6. The summed E-state index contributed by atoms with van der Waals surface area (Å²) in [7, 11) is 0. The van der Waals surface area contributed by atoms with Crippen molar-refractivity contribution in [3.63, 3.8) is 0 Å². The smallest absolute Gasteiger partial charge is 0.187 e. The summed E-state index contributed by atoms with van der Waals surface area (Å²) in [6.07, 6.45) is 0. The van der Waals surface area contributed by atoms with Crippen molar-refractivity contribution in [3.05, 3.63) is 516 Å². The SMILES string of the molecule is [C-]#[N+]c1ccc2c(c1)-c1cc(-c3ccc(-c4ccc(-c5cc(-c6ccc(-c7ccccc7)cc6)nc(-c6ccccc6)n5)cc4)cc3)ccc1C2(c1ccccc1)c1ccccc1.[C-]#[N+]c1ccc2c(c1)-c1ccc(-c3ccc(-c4ccc(-c5cc(-c6ccccc6)nc(-c6cccc7ccccc67)n5)cc4)cc3)cc1C21c2ccccc2-c2ccccc21. The number of benzene rings is 18. The maximum absolute atomic E-state index is 7.87. The van der Waals surface area contributed by atoms with Gasteiger partial charge in [0.25, 0.3) is 0 Å². The van der Waals surface area contributed by atoms with Gasteiger partial charge in [0.05, 0.1) is 46.7 Å². The van der Waals surface area contributed by atoms with Crippen molar-refractivity contribution in [2.24, 2.45) is 0 Å². The van der Waals surface area contributed by atoms with Gasteiger partial charge in [-0.3, -0.25) is 0 Å². The highest BCUT2D eigenvalue weighted by atomic mass is 14.9. The minimum absolute atomic E-state index is 0.461. The van der Waals surface area contributed by atoms with Gasteiger partial charge in [0.2, 0.25) is 0 Å². The highest BCUT2D eigenvalue weighted by Gasteiger charge is 2.52. The first-order valence-corrected chi connectivity index (χ1v) is 41.9. The standard InChI is InChI=1S/C60H39N3.C58H35N3/c1-61-52-35-37-56-54(39-52)53-38-49(34-36-55(53)60(56,50-18-10-4-11-19-50)51-20-12-5-13-21-51)45-24-22-43(23-25-45)44-28-32-47(33-29-44)58-40-57(62-59(63-58)48-16-8-3-9-17-48)46-30-26-42(27-31-46)41-14-6-2-7-15-41;1-59-44-31-33-53-50(35-44)48-32-30-43(34-54(48)58(53)51-20-9-7-17-46(51)47-18-8-10-21-52(47)58)39-24-22-37(23-25-39)38-26-28-42(29-27-38)56-36-55(41-13-3-2-4-14-41)60-57(61-56)49-19-11-15-40-12-5-6-16-45(40)49/h2-40H;2-36H. The van der Waals surface area contributed by atoms with Crippen LogP contribution in [-0.4, -0.2) is 19.9 Å². The fourth-order valence-electron chi connectivity index (χ4n) is 19.3. The van der Waals surface area contributed by atoms with E-state index < -0.39 is 10.8 Å². The molecule has 0 saturated carbocycles. The van der Waals surface area contributed by atoms with Crippen LogP contribution in [0.2, 0.25) is 0 Å². The molecule has 0 unspecified atom stereocenters. The van der Waals surface area contributed by atoms with E-state index in [1.807, 2.05) is 42.5 Å². The van der Waals surface area contributed by atoms with Gasteiger partial charge in [-0.25, -0.2) is 29.6 Å². The molecule has 0 atom stereocenters. The Morgan fingerprint density at radius 3 is 0.952 bits per heavy atom. The molecule has 0 N–H and O–H groups in total. The van der Waals surface area contributed by atoms with E-state index in [0.717, 1.165) is 123 Å². The van der Waals surface area contributed by atoms with Gasteiger partial charge >= 0.3 is 0 Å². The third-order valence-electron chi connectivity index (χ3n) is 25.2. The van der Waals surface area contributed by atoms with E-state index in [-0.39, 0.29) is 0 Å². The summed E-state index contributed by atoms with van der Waals surface area (Å²) in [5.74, 6) is 1.41. The topological polar surface area (TPSA) is 60.3 Å². The van der Waals surface area contributed by atoms with Crippen molar-refractivity contribution in [2.75, 3.05) is 0 Å². The van der Waals surface area contributed by atoms with Gasteiger partial charge in [-0.2, -0.15) is 0 Å². The molecule has 1 spiro atoms. The fourth-order valence-corrected chi connectivity index (χ4v) is 19.3. The third kappa shape index (κ3) is 12.7. The molecule has 0 amide bonds. The molecule has 2 heterocycles. The lowest BCUT2D eigenvalue weighted by Crippen LogP contribution is -2.28. The van der Waals surface area contributed by atoms with Gasteiger partial charge in [0.1, 0.15) is 0 Å². The Hall–Kier alpha value is -16.6. The first kappa shape index (κ1) is 73.7. The van der Waals surface area contributed by atoms with Crippen LogP contribution >= 0.6 is 0 Å². The molecule has 0 aliphatic heterocycles. The molecule has 6 heteroatoms. The largest absolute Gasteiger partial charge is 0.238 e. The van der Waals surface area contributed by atoms with E-state index in [1.54, 1.807) is 0 Å². The number of fused-ring (bicyclic) bond motifs is 14. The quantitative estimate of drug-likeness (QED) is 0.108. The monoisotopic (exact) mass is 1570 g/mol. The summed E-state index contributed by atoms with van der Waals surface area (Å²) in [6, 6.07) is 159. The normalized spacial score (nSPS) is 12.5. The Kier molecular flexibility index (Phi) is 18.4. The number of hydrogen-bond donors (Lipinski definition) is 0. The number of rotatable bonds is 13. The second-order valence-electron chi connectivity index (χ2n) is 32.0. The molecule has 20 aromatic rings. The molecule has 0 fully saturated rings. The molecular weight excluding hydrogens is 1500 g/mol. The Morgan fingerprint density at radius 2 is 0.476 bits per heavy atom. The van der Waals surface area contributed by atoms with Crippen LogP contribution in [0.25, 0.3) is 177 Å². The molecular formula is C118H74N6. The van der Waals surface area contributed by atoms with Crippen molar-refractivity contribution in [1.29, 1.82) is 0 Å². The molecule has 3 aliphatic rings. The molecule has 0 bridgehead atoms. The Labute approximate surface area is 721 Å².